The number of nitrogens with zero attached hydrogens (tertiary/aromatic N) is 1. The normalized spacial score (nSPS) is 20.8. The minimum Gasteiger partial charge on any atom is -0.454 e. The predicted molar refractivity (Wildman–Crippen MR) is 66.7 cm³/mol. The van der Waals surface area contributed by atoms with Crippen molar-refractivity contribution < 1.29 is 9.47 Å². The second-order valence-corrected chi connectivity index (χ2v) is 5.02. The van der Waals surface area contributed by atoms with E-state index in [9.17, 15) is 0 Å². The summed E-state index contributed by atoms with van der Waals surface area (Å²) in [5.74, 6) is 2.33. The quantitative estimate of drug-likeness (QED) is 0.801. The van der Waals surface area contributed by atoms with Gasteiger partial charge in [0.15, 0.2) is 11.5 Å². The molecule has 0 saturated carbocycles. The molecule has 1 atom stereocenters. The smallest absolute Gasteiger partial charge is 0.231 e. The van der Waals surface area contributed by atoms with Crippen LogP contribution in [0.4, 0.5) is 0 Å². The third-order valence-corrected chi connectivity index (χ3v) is 3.70. The SMILES string of the molecule is C[C@@H](CN1CCCC1)c1ccc2c(c1)OCO2. The Hall–Kier alpha value is -1.22. The molecule has 2 aliphatic heterocycles. The van der Waals surface area contributed by atoms with Gasteiger partial charge in [0.25, 0.3) is 0 Å². The summed E-state index contributed by atoms with van der Waals surface area (Å²) in [6, 6.07) is 6.31. The summed E-state index contributed by atoms with van der Waals surface area (Å²) in [5, 5.41) is 0. The lowest BCUT2D eigenvalue weighted by atomic mass is 10.0. The molecule has 17 heavy (non-hydrogen) atoms. The summed E-state index contributed by atoms with van der Waals surface area (Å²) in [4.78, 5) is 2.55. The van der Waals surface area contributed by atoms with Crippen LogP contribution in [0.2, 0.25) is 0 Å². The molecule has 0 amide bonds. The Kier molecular flexibility index (Phi) is 2.93. The van der Waals surface area contributed by atoms with Crippen molar-refractivity contribution in [3.63, 3.8) is 0 Å². The van der Waals surface area contributed by atoms with Gasteiger partial charge >= 0.3 is 0 Å². The molecule has 2 heterocycles. The summed E-state index contributed by atoms with van der Waals surface area (Å²) in [6.07, 6.45) is 2.71. The Balaban J connectivity index is 1.70. The molecule has 1 saturated heterocycles. The van der Waals surface area contributed by atoms with E-state index in [1.54, 1.807) is 0 Å². The minimum absolute atomic E-state index is 0.360. The van der Waals surface area contributed by atoms with Crippen molar-refractivity contribution in [1.82, 2.24) is 4.90 Å². The van der Waals surface area contributed by atoms with Gasteiger partial charge in [-0.15, -0.1) is 0 Å². The number of likely N-dealkylation sites (tertiary alicyclic amines) is 1. The highest BCUT2D eigenvalue weighted by Gasteiger charge is 2.18. The monoisotopic (exact) mass is 233 g/mol. The van der Waals surface area contributed by atoms with Crippen LogP contribution in [0.5, 0.6) is 11.5 Å². The Labute approximate surface area is 102 Å². The molecule has 0 bridgehead atoms. The minimum atomic E-state index is 0.360. The van der Waals surface area contributed by atoms with E-state index in [0.29, 0.717) is 12.7 Å². The fourth-order valence-electron chi connectivity index (χ4n) is 2.68. The van der Waals surface area contributed by atoms with E-state index < -0.39 is 0 Å². The van der Waals surface area contributed by atoms with Crippen LogP contribution in [-0.2, 0) is 0 Å². The second kappa shape index (κ2) is 4.57. The van der Waals surface area contributed by atoms with Crippen molar-refractivity contribution in [2.75, 3.05) is 26.4 Å². The van der Waals surface area contributed by atoms with Gasteiger partial charge in [-0.25, -0.2) is 0 Å². The standard InChI is InChI=1S/C14H19NO2/c1-11(9-15-6-2-3-7-15)12-4-5-13-14(8-12)17-10-16-13/h4-5,8,11H,2-3,6-7,9-10H2,1H3/t11-/m0/s1. The topological polar surface area (TPSA) is 21.7 Å². The van der Waals surface area contributed by atoms with Gasteiger partial charge < -0.3 is 14.4 Å². The van der Waals surface area contributed by atoms with Crippen molar-refractivity contribution in [1.29, 1.82) is 0 Å². The molecule has 3 heteroatoms. The van der Waals surface area contributed by atoms with Gasteiger partial charge in [0.2, 0.25) is 6.79 Å². The van der Waals surface area contributed by atoms with Gasteiger partial charge in [0.05, 0.1) is 0 Å². The molecule has 92 valence electrons. The maximum atomic E-state index is 5.42. The van der Waals surface area contributed by atoms with Crippen LogP contribution in [0, 0.1) is 0 Å². The summed E-state index contributed by atoms with van der Waals surface area (Å²) in [6.45, 7) is 6.32. The van der Waals surface area contributed by atoms with E-state index in [1.165, 1.54) is 31.5 Å². The second-order valence-electron chi connectivity index (χ2n) is 5.02. The maximum Gasteiger partial charge on any atom is 0.231 e. The number of hydrogen-bond donors (Lipinski definition) is 0. The van der Waals surface area contributed by atoms with Gasteiger partial charge in [-0.3, -0.25) is 0 Å². The number of ether oxygens (including phenoxy) is 2. The molecule has 1 aromatic carbocycles. The first-order chi connectivity index (χ1) is 8.33. The van der Waals surface area contributed by atoms with Crippen molar-refractivity contribution in [2.24, 2.45) is 0 Å². The number of fused-ring (bicyclic) bond motifs is 1. The lowest BCUT2D eigenvalue weighted by Gasteiger charge is -2.20. The third-order valence-electron chi connectivity index (χ3n) is 3.70. The van der Waals surface area contributed by atoms with Crippen LogP contribution in [-0.4, -0.2) is 31.3 Å². The average molecular weight is 233 g/mol. The van der Waals surface area contributed by atoms with Gasteiger partial charge in [-0.05, 0) is 49.5 Å². The van der Waals surface area contributed by atoms with E-state index in [4.69, 9.17) is 9.47 Å². The summed E-state index contributed by atoms with van der Waals surface area (Å²) in [7, 11) is 0. The third kappa shape index (κ3) is 2.25. The zero-order valence-electron chi connectivity index (χ0n) is 10.3. The van der Waals surface area contributed by atoms with Crippen LogP contribution in [0.1, 0.15) is 31.2 Å². The van der Waals surface area contributed by atoms with Crippen LogP contribution in [0.3, 0.4) is 0 Å². The van der Waals surface area contributed by atoms with Gasteiger partial charge in [-0.1, -0.05) is 13.0 Å². The molecule has 0 aromatic heterocycles. The average Bonchev–Trinajstić information content (AvgIpc) is 2.97. The van der Waals surface area contributed by atoms with Gasteiger partial charge in [-0.2, -0.15) is 0 Å². The Morgan fingerprint density at radius 2 is 1.94 bits per heavy atom. The molecular formula is C14H19NO2. The lowest BCUT2D eigenvalue weighted by Crippen LogP contribution is -2.24. The molecule has 2 aliphatic rings. The summed E-state index contributed by atoms with van der Waals surface area (Å²) >= 11 is 0. The van der Waals surface area contributed by atoms with Gasteiger partial charge in [0, 0.05) is 6.54 Å². The number of benzene rings is 1. The Morgan fingerprint density at radius 1 is 1.18 bits per heavy atom. The molecule has 0 radical (unpaired) electrons. The Morgan fingerprint density at radius 3 is 2.76 bits per heavy atom. The van der Waals surface area contributed by atoms with E-state index in [2.05, 4.69) is 24.0 Å². The first-order valence-corrected chi connectivity index (χ1v) is 6.45. The Bertz CT molecular complexity index is 399. The molecule has 1 aromatic rings. The van der Waals surface area contributed by atoms with E-state index in [0.717, 1.165) is 18.0 Å². The highest BCUT2D eigenvalue weighted by Crippen LogP contribution is 2.34. The van der Waals surface area contributed by atoms with Crippen LogP contribution in [0.15, 0.2) is 18.2 Å². The summed E-state index contributed by atoms with van der Waals surface area (Å²) in [5.41, 5.74) is 1.35. The molecule has 0 unspecified atom stereocenters. The molecular weight excluding hydrogens is 214 g/mol. The molecule has 3 nitrogen and oxygen atoms in total. The van der Waals surface area contributed by atoms with Crippen molar-refractivity contribution in [3.05, 3.63) is 23.8 Å². The predicted octanol–water partition coefficient (Wildman–Crippen LogP) is 2.61. The highest BCUT2D eigenvalue weighted by molar-refractivity contribution is 5.45. The van der Waals surface area contributed by atoms with Crippen molar-refractivity contribution in [2.45, 2.75) is 25.7 Å². The fraction of sp³-hybridized carbons (Fsp3) is 0.571. The van der Waals surface area contributed by atoms with E-state index in [1.807, 2.05) is 6.07 Å². The molecule has 0 aliphatic carbocycles. The number of hydrogen-bond acceptors (Lipinski definition) is 3. The fourth-order valence-corrected chi connectivity index (χ4v) is 2.68. The molecule has 0 N–H and O–H groups in total. The lowest BCUT2D eigenvalue weighted by molar-refractivity contribution is 0.174. The first-order valence-electron chi connectivity index (χ1n) is 6.45. The van der Waals surface area contributed by atoms with E-state index >= 15 is 0 Å². The first kappa shape index (κ1) is 10.9. The van der Waals surface area contributed by atoms with Gasteiger partial charge in [0.1, 0.15) is 0 Å². The number of rotatable bonds is 3. The van der Waals surface area contributed by atoms with Crippen LogP contribution in [0.25, 0.3) is 0 Å². The molecule has 0 spiro atoms. The largest absolute Gasteiger partial charge is 0.454 e. The summed E-state index contributed by atoms with van der Waals surface area (Å²) < 4.78 is 10.8. The molecule has 3 rings (SSSR count). The molecule has 1 fully saturated rings. The van der Waals surface area contributed by atoms with Crippen LogP contribution >= 0.6 is 0 Å². The maximum absolute atomic E-state index is 5.42. The highest BCUT2D eigenvalue weighted by atomic mass is 16.7. The zero-order chi connectivity index (χ0) is 11.7. The van der Waals surface area contributed by atoms with Crippen molar-refractivity contribution in [3.8, 4) is 11.5 Å². The van der Waals surface area contributed by atoms with E-state index in [-0.39, 0.29) is 0 Å². The van der Waals surface area contributed by atoms with Crippen LogP contribution < -0.4 is 9.47 Å². The zero-order valence-corrected chi connectivity index (χ0v) is 10.3. The van der Waals surface area contributed by atoms with Crippen molar-refractivity contribution >= 4 is 0 Å².